The first-order chi connectivity index (χ1) is 8.85. The fourth-order valence-corrected chi connectivity index (χ4v) is 1.39. The molecule has 0 heterocycles. The number of hydrogen-bond donors (Lipinski definition) is 1. The van der Waals surface area contributed by atoms with Gasteiger partial charge >= 0.3 is 6.61 Å². The minimum absolute atomic E-state index is 0.0890. The molecule has 106 valence electrons. The molecule has 1 rings (SSSR count). The molecule has 3 nitrogen and oxygen atoms in total. The van der Waals surface area contributed by atoms with Gasteiger partial charge in [0.2, 0.25) is 5.91 Å². The summed E-state index contributed by atoms with van der Waals surface area (Å²) in [5, 5.41) is 2.74. The summed E-state index contributed by atoms with van der Waals surface area (Å²) in [6.07, 6.45) is 0. The number of carbonyl (C=O) groups excluding carboxylic acids is 1. The molecule has 0 aliphatic heterocycles. The summed E-state index contributed by atoms with van der Waals surface area (Å²) in [5.41, 5.74) is 0.153. The van der Waals surface area contributed by atoms with Crippen molar-refractivity contribution in [1.82, 2.24) is 5.32 Å². The molecule has 0 aromatic heterocycles. The van der Waals surface area contributed by atoms with Crippen molar-refractivity contribution in [1.29, 1.82) is 0 Å². The van der Waals surface area contributed by atoms with Crippen LogP contribution in [0.15, 0.2) is 24.3 Å². The van der Waals surface area contributed by atoms with Gasteiger partial charge in [0.15, 0.2) is 0 Å². The first-order valence-electron chi connectivity index (χ1n) is 5.73. The minimum Gasteiger partial charge on any atom is -0.435 e. The van der Waals surface area contributed by atoms with Crippen LogP contribution in [0, 0.1) is 5.41 Å². The van der Waals surface area contributed by atoms with Crippen molar-refractivity contribution in [3.8, 4) is 5.75 Å². The number of amides is 1. The molecule has 1 aromatic rings. The second-order valence-electron chi connectivity index (χ2n) is 4.72. The molecule has 0 saturated heterocycles. The van der Waals surface area contributed by atoms with Gasteiger partial charge in [-0.05, 0) is 31.5 Å². The van der Waals surface area contributed by atoms with Crippen LogP contribution in [-0.2, 0) is 11.3 Å². The topological polar surface area (TPSA) is 38.3 Å². The number of rotatable bonds is 6. The van der Waals surface area contributed by atoms with Crippen molar-refractivity contribution >= 4 is 17.5 Å². The Morgan fingerprint density at radius 2 is 1.95 bits per heavy atom. The highest BCUT2D eigenvalue weighted by Gasteiger charge is 2.25. The van der Waals surface area contributed by atoms with Crippen molar-refractivity contribution in [3.63, 3.8) is 0 Å². The third kappa shape index (κ3) is 5.03. The lowest BCUT2D eigenvalue weighted by molar-refractivity contribution is -0.128. The monoisotopic (exact) mass is 291 g/mol. The maximum atomic E-state index is 12.0. The van der Waals surface area contributed by atoms with E-state index in [2.05, 4.69) is 10.1 Å². The van der Waals surface area contributed by atoms with Gasteiger partial charge in [0.25, 0.3) is 0 Å². The number of benzene rings is 1. The van der Waals surface area contributed by atoms with Gasteiger partial charge in [-0.3, -0.25) is 4.79 Å². The highest BCUT2D eigenvalue weighted by atomic mass is 35.5. The molecular weight excluding hydrogens is 276 g/mol. The van der Waals surface area contributed by atoms with E-state index < -0.39 is 12.0 Å². The van der Waals surface area contributed by atoms with Crippen LogP contribution < -0.4 is 10.1 Å². The van der Waals surface area contributed by atoms with Crippen LogP contribution in [0.2, 0.25) is 0 Å². The van der Waals surface area contributed by atoms with Gasteiger partial charge in [-0.25, -0.2) is 0 Å². The van der Waals surface area contributed by atoms with Crippen LogP contribution in [0.3, 0.4) is 0 Å². The molecule has 1 amide bonds. The Hall–Kier alpha value is -1.36. The van der Waals surface area contributed by atoms with Gasteiger partial charge in [0, 0.05) is 12.4 Å². The highest BCUT2D eigenvalue weighted by molar-refractivity contribution is 6.19. The number of carbonyl (C=O) groups is 1. The predicted molar refractivity (Wildman–Crippen MR) is 69.4 cm³/mol. The summed E-state index contributed by atoms with van der Waals surface area (Å²) in [6.45, 7) is 0.966. The van der Waals surface area contributed by atoms with Gasteiger partial charge in [-0.1, -0.05) is 12.1 Å². The van der Waals surface area contributed by atoms with Crippen LogP contribution in [0.1, 0.15) is 19.4 Å². The third-order valence-corrected chi connectivity index (χ3v) is 3.22. The molecule has 1 aromatic carbocycles. The number of nitrogens with one attached hydrogen (secondary N) is 1. The smallest absolute Gasteiger partial charge is 0.387 e. The zero-order chi connectivity index (χ0) is 14.5. The second kappa shape index (κ2) is 6.70. The van der Waals surface area contributed by atoms with E-state index in [1.54, 1.807) is 26.0 Å². The lowest BCUT2D eigenvalue weighted by atomic mass is 9.95. The molecule has 0 fully saturated rings. The van der Waals surface area contributed by atoms with E-state index in [9.17, 15) is 13.6 Å². The summed E-state index contributed by atoms with van der Waals surface area (Å²) in [7, 11) is 0. The number of hydrogen-bond acceptors (Lipinski definition) is 2. The van der Waals surface area contributed by atoms with Crippen LogP contribution in [-0.4, -0.2) is 18.4 Å². The quantitative estimate of drug-likeness (QED) is 0.818. The summed E-state index contributed by atoms with van der Waals surface area (Å²) in [4.78, 5) is 11.8. The van der Waals surface area contributed by atoms with Crippen LogP contribution in [0.4, 0.5) is 8.78 Å². The first-order valence-corrected chi connectivity index (χ1v) is 6.26. The zero-order valence-corrected chi connectivity index (χ0v) is 11.5. The molecule has 0 bridgehead atoms. The average molecular weight is 292 g/mol. The van der Waals surface area contributed by atoms with Gasteiger partial charge in [0.05, 0.1) is 5.41 Å². The Labute approximate surface area is 115 Å². The lowest BCUT2D eigenvalue weighted by Crippen LogP contribution is -2.37. The van der Waals surface area contributed by atoms with Crippen LogP contribution in [0.25, 0.3) is 0 Å². The van der Waals surface area contributed by atoms with Crippen molar-refractivity contribution in [2.45, 2.75) is 27.0 Å². The molecule has 0 aliphatic carbocycles. The zero-order valence-electron chi connectivity index (χ0n) is 10.8. The maximum Gasteiger partial charge on any atom is 0.387 e. The Morgan fingerprint density at radius 1 is 1.37 bits per heavy atom. The summed E-state index contributed by atoms with van der Waals surface area (Å²) in [5.74, 6) is 0.154. The maximum absolute atomic E-state index is 12.0. The van der Waals surface area contributed by atoms with Gasteiger partial charge in [0.1, 0.15) is 5.75 Å². The van der Waals surface area contributed by atoms with Crippen molar-refractivity contribution in [3.05, 3.63) is 29.8 Å². The van der Waals surface area contributed by atoms with E-state index in [-0.39, 0.29) is 17.5 Å². The molecule has 0 spiro atoms. The highest BCUT2D eigenvalue weighted by Crippen LogP contribution is 2.18. The molecule has 1 N–H and O–H groups in total. The fraction of sp³-hybridized carbons (Fsp3) is 0.462. The third-order valence-electron chi connectivity index (χ3n) is 2.55. The van der Waals surface area contributed by atoms with E-state index in [1.165, 1.54) is 12.1 Å². The molecule has 0 radical (unpaired) electrons. The minimum atomic E-state index is -2.84. The number of halogens is 3. The van der Waals surface area contributed by atoms with Gasteiger partial charge < -0.3 is 10.1 Å². The van der Waals surface area contributed by atoms with E-state index in [0.29, 0.717) is 6.54 Å². The Bertz CT molecular complexity index is 421. The first kappa shape index (κ1) is 15.7. The Balaban J connectivity index is 2.53. The fourth-order valence-electron chi connectivity index (χ4n) is 1.27. The number of alkyl halides is 3. The lowest BCUT2D eigenvalue weighted by Gasteiger charge is -2.20. The molecule has 19 heavy (non-hydrogen) atoms. The summed E-state index contributed by atoms with van der Waals surface area (Å²) in [6, 6.07) is 6.10. The largest absolute Gasteiger partial charge is 0.435 e. The van der Waals surface area contributed by atoms with Crippen molar-refractivity contribution < 1.29 is 18.3 Å². The van der Waals surface area contributed by atoms with Crippen LogP contribution in [0.5, 0.6) is 5.75 Å². The van der Waals surface area contributed by atoms with Gasteiger partial charge in [-0.2, -0.15) is 8.78 Å². The molecule has 0 atom stereocenters. The molecule has 0 unspecified atom stereocenters. The predicted octanol–water partition coefficient (Wildman–Crippen LogP) is 3.17. The van der Waals surface area contributed by atoms with E-state index in [1.807, 2.05) is 0 Å². The van der Waals surface area contributed by atoms with Gasteiger partial charge in [-0.15, -0.1) is 11.6 Å². The average Bonchev–Trinajstić information content (AvgIpc) is 2.36. The van der Waals surface area contributed by atoms with E-state index in [4.69, 9.17) is 11.6 Å². The summed E-state index contributed by atoms with van der Waals surface area (Å²) < 4.78 is 28.1. The molecule has 0 saturated carbocycles. The Morgan fingerprint density at radius 3 is 2.42 bits per heavy atom. The van der Waals surface area contributed by atoms with Crippen LogP contribution >= 0.6 is 11.6 Å². The van der Waals surface area contributed by atoms with E-state index in [0.717, 1.165) is 5.56 Å². The molecule has 0 aliphatic rings. The number of ether oxygens (including phenoxy) is 1. The Kier molecular flexibility index (Phi) is 5.54. The molecular formula is C13H16ClF2NO2. The van der Waals surface area contributed by atoms with Crippen molar-refractivity contribution in [2.24, 2.45) is 5.41 Å². The molecule has 6 heteroatoms. The summed E-state index contributed by atoms with van der Waals surface area (Å²) >= 11 is 5.69. The SMILES string of the molecule is CC(C)(CCl)C(=O)NCc1ccc(OC(F)F)cc1. The van der Waals surface area contributed by atoms with Crippen molar-refractivity contribution in [2.75, 3.05) is 5.88 Å². The standard InChI is InChI=1S/C13H16ClF2NO2/c1-13(2,8-14)11(18)17-7-9-3-5-10(6-4-9)19-12(15)16/h3-6,12H,7-8H2,1-2H3,(H,17,18). The van der Waals surface area contributed by atoms with E-state index >= 15 is 0 Å². The normalized spacial score (nSPS) is 11.5. The second-order valence-corrected chi connectivity index (χ2v) is 4.99.